The van der Waals surface area contributed by atoms with Gasteiger partial charge in [-0.05, 0) is 17.7 Å². The summed E-state index contributed by atoms with van der Waals surface area (Å²) in [4.78, 5) is 0. The van der Waals surface area contributed by atoms with Crippen molar-refractivity contribution in [1.29, 1.82) is 0 Å². The van der Waals surface area contributed by atoms with Crippen LogP contribution < -0.4 is 10.1 Å². The van der Waals surface area contributed by atoms with Crippen LogP contribution in [0.5, 0.6) is 5.75 Å². The van der Waals surface area contributed by atoms with Crippen LogP contribution in [0, 0.1) is 0 Å². The van der Waals surface area contributed by atoms with Gasteiger partial charge in [-0.2, -0.15) is 0 Å². The van der Waals surface area contributed by atoms with Gasteiger partial charge in [0.25, 0.3) is 0 Å². The van der Waals surface area contributed by atoms with Crippen molar-refractivity contribution in [2.24, 2.45) is 0 Å². The molecule has 0 spiro atoms. The number of halogens is 1. The Bertz CT molecular complexity index is 263. The first-order valence-corrected chi connectivity index (χ1v) is 3.72. The molecule has 0 aliphatic carbocycles. The average Bonchev–Trinajstić information content (AvgIpc) is 2.16. The van der Waals surface area contributed by atoms with Crippen molar-refractivity contribution in [1.82, 2.24) is 0 Å². The fraction of sp³-hybridized carbons (Fsp3) is 0.333. The fourth-order valence-corrected chi connectivity index (χ4v) is 1.03. The smallest absolute Gasteiger partial charge is 0.141 e. The van der Waals surface area contributed by atoms with Crippen LogP contribution in [0.4, 0.5) is 10.1 Å². The zero-order valence-electron chi connectivity index (χ0n) is 7.23. The summed E-state index contributed by atoms with van der Waals surface area (Å²) in [6.45, 7) is -0.446. The molecule has 0 amide bonds. The predicted molar refractivity (Wildman–Crippen MR) is 47.4 cm³/mol. The first-order valence-electron chi connectivity index (χ1n) is 3.72. The molecule has 2 nitrogen and oxygen atoms in total. The molecule has 1 aromatic carbocycles. The van der Waals surface area contributed by atoms with E-state index >= 15 is 0 Å². The van der Waals surface area contributed by atoms with Crippen LogP contribution in [0.2, 0.25) is 0 Å². The molecule has 1 rings (SSSR count). The lowest BCUT2D eigenvalue weighted by atomic mass is 10.2. The number of nitrogens with one attached hydrogen (secondary N) is 1. The number of hydrogen-bond acceptors (Lipinski definition) is 2. The zero-order valence-corrected chi connectivity index (χ0v) is 7.23. The van der Waals surface area contributed by atoms with Crippen LogP contribution in [0.1, 0.15) is 5.56 Å². The molecule has 1 N–H and O–H groups in total. The maximum absolute atomic E-state index is 12.2. The van der Waals surface area contributed by atoms with Crippen molar-refractivity contribution < 1.29 is 9.13 Å². The summed E-state index contributed by atoms with van der Waals surface area (Å²) in [6, 6.07) is 5.19. The molecule has 0 saturated carbocycles. The second kappa shape index (κ2) is 3.95. The lowest BCUT2D eigenvalue weighted by molar-refractivity contribution is 0.416. The Kier molecular flexibility index (Phi) is 2.91. The number of hydrogen-bond donors (Lipinski definition) is 1. The second-order valence-corrected chi connectivity index (χ2v) is 2.42. The molecular formula is C9H12FNO. The summed E-state index contributed by atoms with van der Waals surface area (Å²) in [5, 5.41) is 2.93. The summed E-state index contributed by atoms with van der Waals surface area (Å²) in [7, 11) is 3.37. The van der Waals surface area contributed by atoms with E-state index in [1.54, 1.807) is 32.4 Å². The van der Waals surface area contributed by atoms with Crippen molar-refractivity contribution >= 4 is 5.69 Å². The average molecular weight is 169 g/mol. The minimum absolute atomic E-state index is 0.446. The normalized spacial score (nSPS) is 9.58. The molecule has 66 valence electrons. The molecule has 0 unspecified atom stereocenters. The molecule has 0 aliphatic rings. The summed E-state index contributed by atoms with van der Waals surface area (Å²) in [5.74, 6) is 0.731. The molecule has 0 radical (unpaired) electrons. The van der Waals surface area contributed by atoms with Gasteiger partial charge in [0.15, 0.2) is 0 Å². The number of benzene rings is 1. The Morgan fingerprint density at radius 1 is 1.50 bits per heavy atom. The van der Waals surface area contributed by atoms with E-state index in [1.807, 2.05) is 0 Å². The first-order chi connectivity index (χ1) is 5.81. The predicted octanol–water partition coefficient (Wildman–Crippen LogP) is 2.21. The Labute approximate surface area is 71.4 Å². The number of anilines is 1. The van der Waals surface area contributed by atoms with Gasteiger partial charge in [-0.3, -0.25) is 0 Å². The summed E-state index contributed by atoms with van der Waals surface area (Å²) >= 11 is 0. The van der Waals surface area contributed by atoms with E-state index in [0.717, 1.165) is 11.4 Å². The largest absolute Gasteiger partial charge is 0.495 e. The zero-order chi connectivity index (χ0) is 8.97. The molecule has 0 atom stereocenters. The molecule has 0 fully saturated rings. The number of rotatable bonds is 3. The Balaban J connectivity index is 3.02. The summed E-state index contributed by atoms with van der Waals surface area (Å²) in [6.07, 6.45) is 0. The van der Waals surface area contributed by atoms with Gasteiger partial charge in [-0.25, -0.2) is 4.39 Å². The molecule has 3 heteroatoms. The maximum atomic E-state index is 12.2. The van der Waals surface area contributed by atoms with Gasteiger partial charge in [0.1, 0.15) is 12.4 Å². The van der Waals surface area contributed by atoms with Crippen molar-refractivity contribution in [3.05, 3.63) is 23.8 Å². The highest BCUT2D eigenvalue weighted by atomic mass is 19.1. The minimum Gasteiger partial charge on any atom is -0.495 e. The summed E-state index contributed by atoms with van der Waals surface area (Å²) in [5.41, 5.74) is 1.47. The van der Waals surface area contributed by atoms with Crippen LogP contribution in [0.25, 0.3) is 0 Å². The Morgan fingerprint density at radius 3 is 2.75 bits per heavy atom. The maximum Gasteiger partial charge on any atom is 0.141 e. The first kappa shape index (κ1) is 8.84. The highest BCUT2D eigenvalue weighted by Crippen LogP contribution is 2.24. The third kappa shape index (κ3) is 1.67. The van der Waals surface area contributed by atoms with Crippen LogP contribution in [0.3, 0.4) is 0 Å². The van der Waals surface area contributed by atoms with E-state index in [2.05, 4.69) is 5.32 Å². The van der Waals surface area contributed by atoms with Crippen molar-refractivity contribution in [3.8, 4) is 5.75 Å². The SMILES string of the molecule is CNc1cc(CF)ccc1OC. The summed E-state index contributed by atoms with van der Waals surface area (Å²) < 4.78 is 17.3. The quantitative estimate of drug-likeness (QED) is 0.749. The van der Waals surface area contributed by atoms with E-state index in [-0.39, 0.29) is 0 Å². The molecule has 0 saturated heterocycles. The molecular weight excluding hydrogens is 157 g/mol. The molecule has 0 heterocycles. The van der Waals surface area contributed by atoms with Gasteiger partial charge >= 0.3 is 0 Å². The second-order valence-electron chi connectivity index (χ2n) is 2.42. The minimum atomic E-state index is -0.446. The highest BCUT2D eigenvalue weighted by molar-refractivity contribution is 5.57. The van der Waals surface area contributed by atoms with Gasteiger partial charge in [0.05, 0.1) is 12.8 Å². The molecule has 12 heavy (non-hydrogen) atoms. The topological polar surface area (TPSA) is 21.3 Å². The van der Waals surface area contributed by atoms with Gasteiger partial charge < -0.3 is 10.1 Å². The van der Waals surface area contributed by atoms with Crippen molar-refractivity contribution in [2.45, 2.75) is 6.67 Å². The third-order valence-corrected chi connectivity index (χ3v) is 1.69. The van der Waals surface area contributed by atoms with Crippen molar-refractivity contribution in [2.75, 3.05) is 19.5 Å². The lowest BCUT2D eigenvalue weighted by Crippen LogP contribution is -1.94. The van der Waals surface area contributed by atoms with Gasteiger partial charge in [0, 0.05) is 7.05 Å². The van der Waals surface area contributed by atoms with Crippen molar-refractivity contribution in [3.63, 3.8) is 0 Å². The molecule has 0 aromatic heterocycles. The van der Waals surface area contributed by atoms with Crippen LogP contribution >= 0.6 is 0 Å². The fourth-order valence-electron chi connectivity index (χ4n) is 1.03. The van der Waals surface area contributed by atoms with E-state index < -0.39 is 6.67 Å². The van der Waals surface area contributed by atoms with Gasteiger partial charge in [-0.1, -0.05) is 6.07 Å². The number of alkyl halides is 1. The molecule has 0 aliphatic heterocycles. The Morgan fingerprint density at radius 2 is 2.25 bits per heavy atom. The highest BCUT2D eigenvalue weighted by Gasteiger charge is 2.01. The number of methoxy groups -OCH3 is 1. The van der Waals surface area contributed by atoms with Gasteiger partial charge in [0.2, 0.25) is 0 Å². The monoisotopic (exact) mass is 169 g/mol. The van der Waals surface area contributed by atoms with Gasteiger partial charge in [-0.15, -0.1) is 0 Å². The van der Waals surface area contributed by atoms with E-state index in [9.17, 15) is 4.39 Å². The lowest BCUT2D eigenvalue weighted by Gasteiger charge is -2.08. The Hall–Kier alpha value is -1.25. The third-order valence-electron chi connectivity index (χ3n) is 1.69. The van der Waals surface area contributed by atoms with Crippen LogP contribution in [-0.4, -0.2) is 14.2 Å². The molecule has 0 bridgehead atoms. The van der Waals surface area contributed by atoms with E-state index in [0.29, 0.717) is 5.56 Å². The van der Waals surface area contributed by atoms with E-state index in [1.165, 1.54) is 0 Å². The molecule has 1 aromatic rings. The van der Waals surface area contributed by atoms with Crippen LogP contribution in [-0.2, 0) is 6.67 Å². The standard InChI is InChI=1S/C9H12FNO/c1-11-8-5-7(6-10)3-4-9(8)12-2/h3-5,11H,6H2,1-2H3. The number of ether oxygens (including phenoxy) is 1. The van der Waals surface area contributed by atoms with E-state index in [4.69, 9.17) is 4.74 Å². The van der Waals surface area contributed by atoms with Crippen LogP contribution in [0.15, 0.2) is 18.2 Å².